The van der Waals surface area contributed by atoms with Gasteiger partial charge in [0, 0.05) is 18.3 Å². The molecule has 0 amide bonds. The molecule has 0 radical (unpaired) electrons. The maximum atomic E-state index is 6.05. The summed E-state index contributed by atoms with van der Waals surface area (Å²) in [6.07, 6.45) is 5.65. The second-order valence-corrected chi connectivity index (χ2v) is 4.54. The molecule has 1 unspecified atom stereocenters. The van der Waals surface area contributed by atoms with E-state index in [2.05, 4.69) is 35.8 Å². The molecule has 3 N–H and O–H groups in total. The van der Waals surface area contributed by atoms with E-state index in [1.54, 1.807) is 0 Å². The van der Waals surface area contributed by atoms with E-state index in [4.69, 9.17) is 5.73 Å². The molecule has 5 nitrogen and oxygen atoms in total. The van der Waals surface area contributed by atoms with Crippen LogP contribution in [0.25, 0.3) is 11.3 Å². The number of rotatable bonds is 4. The van der Waals surface area contributed by atoms with E-state index in [-0.39, 0.29) is 6.04 Å². The van der Waals surface area contributed by atoms with Crippen molar-refractivity contribution < 1.29 is 0 Å². The molecule has 2 aromatic heterocycles. The smallest absolute Gasteiger partial charge is 0.123 e. The highest BCUT2D eigenvalue weighted by atomic mass is 15.3. The van der Waals surface area contributed by atoms with Gasteiger partial charge in [0.05, 0.1) is 24.1 Å². The number of nitrogens with zero attached hydrogens (tertiary/aromatic N) is 3. The van der Waals surface area contributed by atoms with E-state index in [0.29, 0.717) is 5.92 Å². The summed E-state index contributed by atoms with van der Waals surface area (Å²) >= 11 is 0. The van der Waals surface area contributed by atoms with Crippen LogP contribution in [0.3, 0.4) is 0 Å². The second kappa shape index (κ2) is 4.71. The maximum Gasteiger partial charge on any atom is 0.123 e. The summed E-state index contributed by atoms with van der Waals surface area (Å²) in [7, 11) is 0. The zero-order valence-corrected chi connectivity index (χ0v) is 10.5. The number of H-pyrrole nitrogens is 1. The molecule has 17 heavy (non-hydrogen) atoms. The predicted octanol–water partition coefficient (Wildman–Crippen LogP) is 1.95. The van der Waals surface area contributed by atoms with E-state index in [1.165, 1.54) is 0 Å². The molecule has 0 spiro atoms. The van der Waals surface area contributed by atoms with Gasteiger partial charge in [-0.1, -0.05) is 13.8 Å². The molecule has 2 aromatic rings. The molecule has 0 bridgehead atoms. The highest BCUT2D eigenvalue weighted by Crippen LogP contribution is 2.21. The fourth-order valence-electron chi connectivity index (χ4n) is 1.64. The van der Waals surface area contributed by atoms with Gasteiger partial charge < -0.3 is 10.7 Å². The van der Waals surface area contributed by atoms with E-state index in [0.717, 1.165) is 23.6 Å². The van der Waals surface area contributed by atoms with Gasteiger partial charge in [0.2, 0.25) is 0 Å². The van der Waals surface area contributed by atoms with Gasteiger partial charge in [-0.2, -0.15) is 5.10 Å². The van der Waals surface area contributed by atoms with Crippen molar-refractivity contribution in [2.75, 3.05) is 0 Å². The Morgan fingerprint density at radius 3 is 2.76 bits per heavy atom. The van der Waals surface area contributed by atoms with Crippen LogP contribution in [-0.2, 0) is 6.54 Å². The van der Waals surface area contributed by atoms with E-state index < -0.39 is 0 Å². The summed E-state index contributed by atoms with van der Waals surface area (Å²) in [5.74, 6) is 1.20. The van der Waals surface area contributed by atoms with E-state index >= 15 is 0 Å². The number of imidazole rings is 1. The molecule has 0 saturated carbocycles. The Labute approximate surface area is 101 Å². The van der Waals surface area contributed by atoms with E-state index in [1.807, 2.05) is 23.3 Å². The molecule has 0 saturated heterocycles. The van der Waals surface area contributed by atoms with Gasteiger partial charge in [0.25, 0.3) is 0 Å². The average molecular weight is 233 g/mol. The van der Waals surface area contributed by atoms with Crippen molar-refractivity contribution >= 4 is 0 Å². The highest BCUT2D eigenvalue weighted by molar-refractivity contribution is 5.56. The molecule has 0 fully saturated rings. The van der Waals surface area contributed by atoms with Crippen molar-refractivity contribution in [2.45, 2.75) is 33.4 Å². The van der Waals surface area contributed by atoms with Crippen molar-refractivity contribution in [3.63, 3.8) is 0 Å². The quantitative estimate of drug-likeness (QED) is 0.847. The minimum atomic E-state index is -0.0510. The Kier molecular flexibility index (Phi) is 3.28. The molecule has 0 aromatic carbocycles. The van der Waals surface area contributed by atoms with Crippen LogP contribution in [0.2, 0.25) is 0 Å². The van der Waals surface area contributed by atoms with Crippen LogP contribution in [0.4, 0.5) is 0 Å². The van der Waals surface area contributed by atoms with Gasteiger partial charge in [-0.3, -0.25) is 4.68 Å². The summed E-state index contributed by atoms with van der Waals surface area (Å²) < 4.78 is 1.89. The Morgan fingerprint density at radius 1 is 1.41 bits per heavy atom. The standard InChI is InChI=1S/C12H19N5/c1-4-17-7-9(5-15-17)10-6-14-12(16-10)11(13)8(2)3/h5-8,11H,4,13H2,1-3H3,(H,14,16). The van der Waals surface area contributed by atoms with Crippen LogP contribution < -0.4 is 5.73 Å². The first-order valence-electron chi connectivity index (χ1n) is 5.95. The highest BCUT2D eigenvalue weighted by Gasteiger charge is 2.14. The summed E-state index contributed by atoms with van der Waals surface area (Å²) in [6.45, 7) is 7.10. The van der Waals surface area contributed by atoms with Crippen LogP contribution in [0.1, 0.15) is 32.6 Å². The van der Waals surface area contributed by atoms with Crippen molar-refractivity contribution in [2.24, 2.45) is 11.7 Å². The number of aromatic amines is 1. The largest absolute Gasteiger partial charge is 0.341 e. The van der Waals surface area contributed by atoms with Crippen molar-refractivity contribution in [1.82, 2.24) is 19.7 Å². The molecule has 92 valence electrons. The molecular weight excluding hydrogens is 214 g/mol. The minimum Gasteiger partial charge on any atom is -0.341 e. The normalized spacial score (nSPS) is 13.2. The van der Waals surface area contributed by atoms with Gasteiger partial charge in [-0.15, -0.1) is 0 Å². The van der Waals surface area contributed by atoms with Gasteiger partial charge in [0.1, 0.15) is 5.82 Å². The third-order valence-corrected chi connectivity index (χ3v) is 2.90. The van der Waals surface area contributed by atoms with Crippen LogP contribution in [0, 0.1) is 5.92 Å². The third-order valence-electron chi connectivity index (χ3n) is 2.90. The van der Waals surface area contributed by atoms with Gasteiger partial charge in [-0.25, -0.2) is 4.98 Å². The molecule has 5 heteroatoms. The van der Waals surface area contributed by atoms with Crippen LogP contribution in [0.15, 0.2) is 18.6 Å². The van der Waals surface area contributed by atoms with Crippen molar-refractivity contribution in [3.05, 3.63) is 24.4 Å². The number of nitrogens with two attached hydrogens (primary N) is 1. The molecule has 1 atom stereocenters. The zero-order valence-electron chi connectivity index (χ0n) is 10.5. The lowest BCUT2D eigenvalue weighted by atomic mass is 10.1. The Morgan fingerprint density at radius 2 is 2.18 bits per heavy atom. The van der Waals surface area contributed by atoms with Crippen molar-refractivity contribution in [3.8, 4) is 11.3 Å². The number of aryl methyl sites for hydroxylation is 1. The lowest BCUT2D eigenvalue weighted by Gasteiger charge is -2.11. The van der Waals surface area contributed by atoms with Gasteiger partial charge in [0.15, 0.2) is 0 Å². The summed E-state index contributed by atoms with van der Waals surface area (Å²) in [5, 5.41) is 4.24. The fraction of sp³-hybridized carbons (Fsp3) is 0.500. The number of hydrogen-bond acceptors (Lipinski definition) is 3. The van der Waals surface area contributed by atoms with Crippen LogP contribution in [0.5, 0.6) is 0 Å². The van der Waals surface area contributed by atoms with Gasteiger partial charge >= 0.3 is 0 Å². The zero-order chi connectivity index (χ0) is 12.4. The van der Waals surface area contributed by atoms with E-state index in [9.17, 15) is 0 Å². The molecule has 0 aliphatic heterocycles. The first-order chi connectivity index (χ1) is 8.11. The predicted molar refractivity (Wildman–Crippen MR) is 67.2 cm³/mol. The molecule has 0 aliphatic carbocycles. The Balaban J connectivity index is 2.23. The lowest BCUT2D eigenvalue weighted by Crippen LogP contribution is -2.18. The van der Waals surface area contributed by atoms with Crippen LogP contribution >= 0.6 is 0 Å². The van der Waals surface area contributed by atoms with Gasteiger partial charge in [-0.05, 0) is 12.8 Å². The fourth-order valence-corrected chi connectivity index (χ4v) is 1.64. The van der Waals surface area contributed by atoms with Crippen molar-refractivity contribution in [1.29, 1.82) is 0 Å². The Bertz CT molecular complexity index is 483. The maximum absolute atomic E-state index is 6.05. The molecule has 0 aliphatic rings. The molecular formula is C12H19N5. The third kappa shape index (κ3) is 2.39. The SMILES string of the molecule is CCn1cc(-c2cnc(C(N)C(C)C)[nH]2)cn1. The number of hydrogen-bond donors (Lipinski definition) is 2. The monoisotopic (exact) mass is 233 g/mol. The topological polar surface area (TPSA) is 72.5 Å². The first kappa shape index (κ1) is 11.9. The Hall–Kier alpha value is -1.62. The van der Waals surface area contributed by atoms with Crippen LogP contribution in [-0.4, -0.2) is 19.7 Å². The summed E-state index contributed by atoms with van der Waals surface area (Å²) in [5.41, 5.74) is 8.06. The number of aromatic nitrogens is 4. The number of nitrogens with one attached hydrogen (secondary N) is 1. The summed E-state index contributed by atoms with van der Waals surface area (Å²) in [6, 6.07) is -0.0510. The molecule has 2 rings (SSSR count). The lowest BCUT2D eigenvalue weighted by molar-refractivity contribution is 0.494. The minimum absolute atomic E-state index is 0.0510. The average Bonchev–Trinajstić information content (AvgIpc) is 2.96. The molecule has 2 heterocycles. The first-order valence-corrected chi connectivity index (χ1v) is 5.95. The second-order valence-electron chi connectivity index (χ2n) is 4.54. The summed E-state index contributed by atoms with van der Waals surface area (Å²) in [4.78, 5) is 7.59.